The third kappa shape index (κ3) is 4.92. The molecule has 3 atom stereocenters. The highest BCUT2D eigenvalue weighted by Crippen LogP contribution is 2.32. The zero-order valence-corrected chi connectivity index (χ0v) is 12.4. The van der Waals surface area contributed by atoms with Crippen molar-refractivity contribution in [2.45, 2.75) is 65.1 Å². The van der Waals surface area contributed by atoms with Crippen molar-refractivity contribution in [1.82, 2.24) is 5.32 Å². The molecule has 0 aromatic heterocycles. The molecular formula is C13H29NO3. The molecular weight excluding hydrogens is 218 g/mol. The topological polar surface area (TPSA) is 39.7 Å². The molecule has 3 unspecified atom stereocenters. The fraction of sp³-hybridized carbons (Fsp3) is 1.00. The van der Waals surface area contributed by atoms with Gasteiger partial charge in [-0.05, 0) is 27.3 Å². The number of rotatable bonds is 5. The molecule has 1 aliphatic rings. The van der Waals surface area contributed by atoms with Crippen LogP contribution in [0.15, 0.2) is 0 Å². The van der Waals surface area contributed by atoms with E-state index in [2.05, 4.69) is 12.2 Å². The summed E-state index contributed by atoms with van der Waals surface area (Å²) in [5, 5.41) is 3.11. The first-order chi connectivity index (χ1) is 8.04. The molecule has 1 heterocycles. The average molecular weight is 247 g/mol. The quantitative estimate of drug-likeness (QED) is 0.808. The predicted molar refractivity (Wildman–Crippen MR) is 70.2 cm³/mol. The van der Waals surface area contributed by atoms with Gasteiger partial charge in [-0.2, -0.15) is 0 Å². The second-order valence-electron chi connectivity index (χ2n) is 4.38. The van der Waals surface area contributed by atoms with E-state index in [1.165, 1.54) is 0 Å². The molecule has 1 N–H and O–H groups in total. The summed E-state index contributed by atoms with van der Waals surface area (Å²) in [6, 6.07) is 0. The second-order valence-corrected chi connectivity index (χ2v) is 4.38. The molecule has 0 aliphatic carbocycles. The van der Waals surface area contributed by atoms with Crippen molar-refractivity contribution in [2.75, 3.05) is 20.7 Å². The van der Waals surface area contributed by atoms with Gasteiger partial charge < -0.3 is 19.5 Å². The Hall–Kier alpha value is -0.160. The summed E-state index contributed by atoms with van der Waals surface area (Å²) < 4.78 is 17.1. The Morgan fingerprint density at radius 2 is 1.88 bits per heavy atom. The lowest BCUT2D eigenvalue weighted by Crippen LogP contribution is -2.42. The summed E-state index contributed by atoms with van der Waals surface area (Å²) >= 11 is 0. The third-order valence-electron chi connectivity index (χ3n) is 2.70. The molecule has 1 saturated heterocycles. The third-order valence-corrected chi connectivity index (χ3v) is 2.70. The van der Waals surface area contributed by atoms with Gasteiger partial charge in [0.05, 0.1) is 12.2 Å². The highest BCUT2D eigenvalue weighted by atomic mass is 16.8. The largest absolute Gasteiger partial charge is 0.377 e. The maximum Gasteiger partial charge on any atom is 0.163 e. The molecule has 17 heavy (non-hydrogen) atoms. The van der Waals surface area contributed by atoms with Crippen LogP contribution in [0, 0.1) is 0 Å². The zero-order valence-electron chi connectivity index (χ0n) is 12.4. The van der Waals surface area contributed by atoms with Crippen LogP contribution in [0.3, 0.4) is 0 Å². The van der Waals surface area contributed by atoms with Crippen LogP contribution in [-0.2, 0) is 14.2 Å². The lowest BCUT2D eigenvalue weighted by molar-refractivity contribution is -0.156. The number of nitrogens with one attached hydrogen (secondary N) is 1. The van der Waals surface area contributed by atoms with Gasteiger partial charge >= 0.3 is 0 Å². The maximum absolute atomic E-state index is 5.87. The van der Waals surface area contributed by atoms with E-state index in [0.717, 1.165) is 13.0 Å². The Labute approximate surface area is 106 Å². The Balaban J connectivity index is 0.00000121. The molecule has 0 bridgehead atoms. The Morgan fingerprint density at radius 3 is 2.29 bits per heavy atom. The molecule has 0 aromatic rings. The van der Waals surface area contributed by atoms with Crippen LogP contribution in [0.4, 0.5) is 0 Å². The van der Waals surface area contributed by atoms with Crippen molar-refractivity contribution < 1.29 is 14.2 Å². The van der Waals surface area contributed by atoms with Crippen LogP contribution in [-0.4, -0.2) is 44.8 Å². The first-order valence-electron chi connectivity index (χ1n) is 6.57. The Morgan fingerprint density at radius 1 is 1.29 bits per heavy atom. The van der Waals surface area contributed by atoms with Crippen LogP contribution in [0.2, 0.25) is 0 Å². The Kier molecular flexibility index (Phi) is 7.96. The smallest absolute Gasteiger partial charge is 0.163 e. The van der Waals surface area contributed by atoms with Crippen molar-refractivity contribution in [3.8, 4) is 0 Å². The lowest BCUT2D eigenvalue weighted by Gasteiger charge is -2.24. The van der Waals surface area contributed by atoms with Gasteiger partial charge in [-0.3, -0.25) is 0 Å². The van der Waals surface area contributed by atoms with Gasteiger partial charge in [0.15, 0.2) is 5.79 Å². The van der Waals surface area contributed by atoms with Gasteiger partial charge in [-0.25, -0.2) is 0 Å². The van der Waals surface area contributed by atoms with Gasteiger partial charge in [0, 0.05) is 13.7 Å². The van der Waals surface area contributed by atoms with Crippen molar-refractivity contribution in [1.29, 1.82) is 0 Å². The molecule has 4 nitrogen and oxygen atoms in total. The molecule has 0 amide bonds. The van der Waals surface area contributed by atoms with Gasteiger partial charge in [0.2, 0.25) is 0 Å². The van der Waals surface area contributed by atoms with E-state index < -0.39 is 5.79 Å². The van der Waals surface area contributed by atoms with Crippen molar-refractivity contribution >= 4 is 0 Å². The molecule has 0 spiro atoms. The number of likely N-dealkylation sites (N-methyl/N-ethyl adjacent to an activating group) is 1. The van der Waals surface area contributed by atoms with E-state index in [9.17, 15) is 0 Å². The lowest BCUT2D eigenvalue weighted by atomic mass is 10.1. The fourth-order valence-corrected chi connectivity index (χ4v) is 2.03. The number of hydrogen-bond acceptors (Lipinski definition) is 4. The first kappa shape index (κ1) is 16.8. The molecule has 0 aromatic carbocycles. The fourth-order valence-electron chi connectivity index (χ4n) is 2.03. The molecule has 0 radical (unpaired) electrons. The number of ether oxygens (including phenoxy) is 3. The Bertz CT molecular complexity index is 197. The van der Waals surface area contributed by atoms with Crippen LogP contribution in [0.1, 0.15) is 41.0 Å². The van der Waals surface area contributed by atoms with Crippen molar-refractivity contribution in [2.24, 2.45) is 0 Å². The standard InChI is InChI=1S/C11H23NO3.C2H6/c1-6-8-10(9(13-5)7-12-4)15-11(2,3)14-8;1-2/h8-10,12H,6-7H2,1-5H3;1-2H3. The van der Waals surface area contributed by atoms with E-state index >= 15 is 0 Å². The summed E-state index contributed by atoms with van der Waals surface area (Å²) in [5.74, 6) is -0.490. The minimum absolute atomic E-state index is 0.0162. The molecule has 1 aliphatic heterocycles. The van der Waals surface area contributed by atoms with Gasteiger partial charge in [-0.1, -0.05) is 20.8 Å². The molecule has 0 saturated carbocycles. The molecule has 1 fully saturated rings. The summed E-state index contributed by atoms with van der Waals surface area (Å²) in [5.41, 5.74) is 0. The minimum Gasteiger partial charge on any atom is -0.377 e. The van der Waals surface area contributed by atoms with E-state index in [0.29, 0.717) is 0 Å². The van der Waals surface area contributed by atoms with Crippen LogP contribution >= 0.6 is 0 Å². The summed E-state index contributed by atoms with van der Waals surface area (Å²) in [6.07, 6.45) is 1.12. The van der Waals surface area contributed by atoms with E-state index in [1.54, 1.807) is 7.11 Å². The SMILES string of the molecule is CC.CCC1OC(C)(C)OC1C(CNC)OC. The number of methoxy groups -OCH3 is 1. The minimum atomic E-state index is -0.490. The highest BCUT2D eigenvalue weighted by molar-refractivity contribution is 4.87. The summed E-state index contributed by atoms with van der Waals surface area (Å²) in [7, 11) is 3.62. The van der Waals surface area contributed by atoms with Crippen molar-refractivity contribution in [3.63, 3.8) is 0 Å². The van der Waals surface area contributed by atoms with Crippen molar-refractivity contribution in [3.05, 3.63) is 0 Å². The van der Waals surface area contributed by atoms with Gasteiger partial charge in [0.1, 0.15) is 6.10 Å². The maximum atomic E-state index is 5.87. The monoisotopic (exact) mass is 247 g/mol. The summed E-state index contributed by atoms with van der Waals surface area (Å²) in [4.78, 5) is 0. The first-order valence-corrected chi connectivity index (χ1v) is 6.57. The predicted octanol–water partition coefficient (Wildman–Crippen LogP) is 2.18. The average Bonchev–Trinajstić information content (AvgIpc) is 2.64. The van der Waals surface area contributed by atoms with Gasteiger partial charge in [-0.15, -0.1) is 0 Å². The van der Waals surface area contributed by atoms with Gasteiger partial charge in [0.25, 0.3) is 0 Å². The van der Waals surface area contributed by atoms with Crippen LogP contribution in [0.5, 0.6) is 0 Å². The van der Waals surface area contributed by atoms with Crippen LogP contribution < -0.4 is 5.32 Å². The second kappa shape index (κ2) is 8.03. The van der Waals surface area contributed by atoms with Crippen LogP contribution in [0.25, 0.3) is 0 Å². The summed E-state index contributed by atoms with van der Waals surface area (Å²) in [6.45, 7) is 10.8. The molecule has 4 heteroatoms. The zero-order chi connectivity index (χ0) is 13.5. The van der Waals surface area contributed by atoms with E-state index in [-0.39, 0.29) is 18.3 Å². The number of hydrogen-bond donors (Lipinski definition) is 1. The van der Waals surface area contributed by atoms with E-state index in [4.69, 9.17) is 14.2 Å². The molecule has 1 rings (SSSR count). The normalized spacial score (nSPS) is 28.4. The highest BCUT2D eigenvalue weighted by Gasteiger charge is 2.44. The molecule has 104 valence electrons. The van der Waals surface area contributed by atoms with E-state index in [1.807, 2.05) is 34.7 Å².